The van der Waals surface area contributed by atoms with Gasteiger partial charge in [-0.3, -0.25) is 0 Å². The summed E-state index contributed by atoms with van der Waals surface area (Å²) in [6.45, 7) is 1.91. The molecule has 0 spiro atoms. The van der Waals surface area contributed by atoms with Crippen LogP contribution in [0.15, 0.2) is 5.16 Å². The molecule has 2 rings (SSSR count). The fraction of sp³-hybridized carbons (Fsp3) is 0.800. The van der Waals surface area contributed by atoms with Crippen molar-refractivity contribution in [3.8, 4) is 0 Å². The predicted octanol–water partition coefficient (Wildman–Crippen LogP) is -0.533. The molecular weight excluding hydrogens is 104 g/mol. The Morgan fingerprint density at radius 1 is 1.62 bits per heavy atom. The first-order valence-electron chi connectivity index (χ1n) is 2.79. The van der Waals surface area contributed by atoms with Crippen molar-refractivity contribution in [3.63, 3.8) is 0 Å². The smallest absolute Gasteiger partial charge is 0.149 e. The van der Waals surface area contributed by atoms with Crippen LogP contribution in [0.1, 0.15) is 0 Å². The quantitative estimate of drug-likeness (QED) is 0.456. The van der Waals surface area contributed by atoms with Gasteiger partial charge in [0.15, 0.2) is 0 Å². The van der Waals surface area contributed by atoms with Crippen LogP contribution in [0.5, 0.6) is 0 Å². The molecule has 2 aliphatic heterocycles. The number of nitrogens with zero attached hydrogens (tertiary/aromatic N) is 1. The molecule has 0 amide bonds. The summed E-state index contributed by atoms with van der Waals surface area (Å²) >= 11 is 0. The van der Waals surface area contributed by atoms with Crippen molar-refractivity contribution in [1.29, 1.82) is 0 Å². The molecular formula is C5H7N2O. The Kier molecular flexibility index (Phi) is 0.784. The van der Waals surface area contributed by atoms with Crippen molar-refractivity contribution in [2.45, 2.75) is 6.10 Å². The standard InChI is InChI=1S/C5H7N2O/c1-4-2-7-8-5(4)3-6-1/h4-6H,1,3H2. The van der Waals surface area contributed by atoms with E-state index in [9.17, 15) is 0 Å². The lowest BCUT2D eigenvalue weighted by atomic mass is 10.1. The summed E-state index contributed by atoms with van der Waals surface area (Å²) in [5.74, 6) is 0.426. The largest absolute Gasteiger partial charge is 0.390 e. The van der Waals surface area contributed by atoms with Crippen LogP contribution in [-0.2, 0) is 4.84 Å². The summed E-state index contributed by atoms with van der Waals surface area (Å²) in [5.41, 5.74) is 0. The van der Waals surface area contributed by atoms with Gasteiger partial charge in [0, 0.05) is 13.1 Å². The van der Waals surface area contributed by atoms with E-state index in [1.54, 1.807) is 0 Å². The molecule has 8 heavy (non-hydrogen) atoms. The number of rotatable bonds is 0. The third-order valence-corrected chi connectivity index (χ3v) is 1.57. The van der Waals surface area contributed by atoms with E-state index in [1.807, 2.05) is 0 Å². The van der Waals surface area contributed by atoms with Crippen molar-refractivity contribution >= 4 is 6.21 Å². The van der Waals surface area contributed by atoms with Crippen molar-refractivity contribution in [3.05, 3.63) is 0 Å². The maximum atomic E-state index is 4.93. The van der Waals surface area contributed by atoms with E-state index in [1.165, 1.54) is 0 Å². The highest BCUT2D eigenvalue weighted by atomic mass is 16.6. The second kappa shape index (κ2) is 1.45. The molecule has 0 aromatic rings. The van der Waals surface area contributed by atoms with Crippen LogP contribution in [0.3, 0.4) is 0 Å². The van der Waals surface area contributed by atoms with E-state index in [0.29, 0.717) is 5.92 Å². The zero-order valence-electron chi connectivity index (χ0n) is 4.42. The number of fused-ring (bicyclic) bond motifs is 1. The first-order chi connectivity index (χ1) is 3.97. The van der Waals surface area contributed by atoms with Gasteiger partial charge in [-0.05, 0) is 0 Å². The fourth-order valence-corrected chi connectivity index (χ4v) is 1.06. The highest BCUT2D eigenvalue weighted by Crippen LogP contribution is 2.15. The van der Waals surface area contributed by atoms with Gasteiger partial charge < -0.3 is 10.2 Å². The van der Waals surface area contributed by atoms with E-state index in [2.05, 4.69) is 16.7 Å². The molecule has 0 aromatic carbocycles. The van der Waals surface area contributed by atoms with Crippen LogP contribution >= 0.6 is 0 Å². The first-order valence-corrected chi connectivity index (χ1v) is 2.79. The normalized spacial score (nSPS) is 42.0. The highest BCUT2D eigenvalue weighted by Gasteiger charge is 2.31. The van der Waals surface area contributed by atoms with Crippen molar-refractivity contribution in [2.75, 3.05) is 13.1 Å². The van der Waals surface area contributed by atoms with Gasteiger partial charge in [0.2, 0.25) is 0 Å². The molecule has 1 saturated heterocycles. The molecule has 3 heteroatoms. The molecule has 1 fully saturated rings. The summed E-state index contributed by atoms with van der Waals surface area (Å²) in [5, 5.41) is 6.75. The Balaban J connectivity index is 2.13. The lowest BCUT2D eigenvalue weighted by Crippen LogP contribution is -2.15. The van der Waals surface area contributed by atoms with Crippen molar-refractivity contribution in [2.24, 2.45) is 11.1 Å². The molecule has 3 nitrogen and oxygen atoms in total. The van der Waals surface area contributed by atoms with Crippen molar-refractivity contribution < 1.29 is 4.84 Å². The topological polar surface area (TPSA) is 33.6 Å². The van der Waals surface area contributed by atoms with Crippen molar-refractivity contribution in [1.82, 2.24) is 5.32 Å². The van der Waals surface area contributed by atoms with Gasteiger partial charge >= 0.3 is 0 Å². The van der Waals surface area contributed by atoms with Crippen LogP contribution < -0.4 is 5.32 Å². The average Bonchev–Trinajstić information content (AvgIpc) is 2.15. The summed E-state index contributed by atoms with van der Waals surface area (Å²) in [4.78, 5) is 4.93. The SMILES string of the molecule is [C]1=NOC2CNCC12. The maximum absolute atomic E-state index is 4.93. The highest BCUT2D eigenvalue weighted by molar-refractivity contribution is 5.63. The minimum absolute atomic E-state index is 0.287. The molecule has 1 N–H and O–H groups in total. The van der Waals surface area contributed by atoms with E-state index >= 15 is 0 Å². The van der Waals surface area contributed by atoms with Gasteiger partial charge in [-0.15, -0.1) is 0 Å². The maximum Gasteiger partial charge on any atom is 0.149 e. The lowest BCUT2D eigenvalue weighted by Gasteiger charge is -2.00. The number of hydrogen-bond donors (Lipinski definition) is 1. The molecule has 2 aliphatic rings. The minimum Gasteiger partial charge on any atom is -0.390 e. The Morgan fingerprint density at radius 3 is 3.50 bits per heavy atom. The second-order valence-electron chi connectivity index (χ2n) is 2.13. The van der Waals surface area contributed by atoms with Crippen LogP contribution in [0.2, 0.25) is 0 Å². The zero-order chi connectivity index (χ0) is 5.40. The molecule has 0 bridgehead atoms. The third kappa shape index (κ3) is 0.448. The van der Waals surface area contributed by atoms with E-state index in [4.69, 9.17) is 4.84 Å². The summed E-state index contributed by atoms with van der Waals surface area (Å²) in [7, 11) is 0. The molecule has 43 valence electrons. The molecule has 0 saturated carbocycles. The zero-order valence-corrected chi connectivity index (χ0v) is 4.42. The Bertz CT molecular complexity index is 124. The molecule has 2 unspecified atom stereocenters. The Labute approximate surface area is 47.7 Å². The van der Waals surface area contributed by atoms with Crippen LogP contribution in [0, 0.1) is 5.92 Å². The fourth-order valence-electron chi connectivity index (χ4n) is 1.06. The molecule has 2 heterocycles. The van der Waals surface area contributed by atoms with Crippen LogP contribution in [-0.4, -0.2) is 25.4 Å². The lowest BCUT2D eigenvalue weighted by molar-refractivity contribution is 0.0842. The van der Waals surface area contributed by atoms with Gasteiger partial charge in [-0.1, -0.05) is 5.16 Å². The summed E-state index contributed by atoms with van der Waals surface area (Å²) in [6, 6.07) is 0. The van der Waals surface area contributed by atoms with Gasteiger partial charge in [0.1, 0.15) is 12.3 Å². The van der Waals surface area contributed by atoms with Gasteiger partial charge in [0.05, 0.1) is 5.92 Å². The molecule has 2 atom stereocenters. The van der Waals surface area contributed by atoms with E-state index in [0.717, 1.165) is 13.1 Å². The van der Waals surface area contributed by atoms with Crippen LogP contribution in [0.4, 0.5) is 0 Å². The predicted molar refractivity (Wildman–Crippen MR) is 28.7 cm³/mol. The van der Waals surface area contributed by atoms with Gasteiger partial charge in [-0.2, -0.15) is 0 Å². The van der Waals surface area contributed by atoms with Gasteiger partial charge in [0.25, 0.3) is 0 Å². The second-order valence-corrected chi connectivity index (χ2v) is 2.13. The first kappa shape index (κ1) is 4.32. The van der Waals surface area contributed by atoms with E-state index in [-0.39, 0.29) is 6.10 Å². The third-order valence-electron chi connectivity index (χ3n) is 1.57. The summed E-state index contributed by atoms with van der Waals surface area (Å²) < 4.78 is 0. The Morgan fingerprint density at radius 2 is 2.62 bits per heavy atom. The van der Waals surface area contributed by atoms with Crippen LogP contribution in [0.25, 0.3) is 0 Å². The summed E-state index contributed by atoms with van der Waals surface area (Å²) in [6.07, 6.45) is 3.15. The van der Waals surface area contributed by atoms with E-state index < -0.39 is 0 Å². The Hall–Kier alpha value is -0.570. The number of nitrogens with one attached hydrogen (secondary N) is 1. The molecule has 1 radical (unpaired) electrons. The minimum atomic E-state index is 0.287. The number of hydrogen-bond acceptors (Lipinski definition) is 3. The monoisotopic (exact) mass is 111 g/mol. The average molecular weight is 111 g/mol. The molecule has 0 aromatic heterocycles. The van der Waals surface area contributed by atoms with Gasteiger partial charge in [-0.25, -0.2) is 0 Å². The molecule has 0 aliphatic carbocycles.